The van der Waals surface area contributed by atoms with E-state index in [-0.39, 0.29) is 5.91 Å². The zero-order chi connectivity index (χ0) is 16.7. The molecule has 0 fully saturated rings. The van der Waals surface area contributed by atoms with E-state index in [0.29, 0.717) is 19.6 Å². The standard InChI is InChI=1S/C19H23NO3/c1-4-22-17-9-7-16(8-10-17)20-19(21)11-12-23-18-13-14(2)5-6-15(18)3/h5-10,13H,4,11-12H2,1-3H3,(H,20,21). The van der Waals surface area contributed by atoms with Crippen molar-refractivity contribution in [3.8, 4) is 11.5 Å². The molecule has 4 nitrogen and oxygen atoms in total. The van der Waals surface area contributed by atoms with Crippen LogP contribution in [-0.4, -0.2) is 19.1 Å². The Hall–Kier alpha value is -2.49. The lowest BCUT2D eigenvalue weighted by molar-refractivity contribution is -0.116. The van der Waals surface area contributed by atoms with E-state index in [4.69, 9.17) is 9.47 Å². The summed E-state index contributed by atoms with van der Waals surface area (Å²) in [6.45, 7) is 6.93. The number of nitrogens with one attached hydrogen (secondary N) is 1. The SMILES string of the molecule is CCOc1ccc(NC(=O)CCOc2cc(C)ccc2C)cc1. The summed E-state index contributed by atoms with van der Waals surface area (Å²) in [7, 11) is 0. The fourth-order valence-corrected chi connectivity index (χ4v) is 2.14. The second-order valence-electron chi connectivity index (χ2n) is 5.37. The lowest BCUT2D eigenvalue weighted by Gasteiger charge is -2.10. The average Bonchev–Trinajstić information content (AvgIpc) is 2.53. The van der Waals surface area contributed by atoms with Crippen molar-refractivity contribution in [2.75, 3.05) is 18.5 Å². The van der Waals surface area contributed by atoms with E-state index in [1.165, 1.54) is 0 Å². The molecule has 0 bridgehead atoms. The average molecular weight is 313 g/mol. The Morgan fingerprint density at radius 3 is 2.48 bits per heavy atom. The summed E-state index contributed by atoms with van der Waals surface area (Å²) in [5.41, 5.74) is 2.97. The number of anilines is 1. The number of hydrogen-bond donors (Lipinski definition) is 1. The Balaban J connectivity index is 1.79. The van der Waals surface area contributed by atoms with E-state index in [2.05, 4.69) is 5.32 Å². The number of benzene rings is 2. The Morgan fingerprint density at radius 2 is 1.78 bits per heavy atom. The molecule has 2 aromatic carbocycles. The van der Waals surface area contributed by atoms with Crippen LogP contribution in [0.3, 0.4) is 0 Å². The third-order valence-corrected chi connectivity index (χ3v) is 3.38. The zero-order valence-corrected chi connectivity index (χ0v) is 13.9. The monoisotopic (exact) mass is 313 g/mol. The third kappa shape index (κ3) is 5.33. The van der Waals surface area contributed by atoms with E-state index in [1.807, 2.05) is 63.2 Å². The summed E-state index contributed by atoms with van der Waals surface area (Å²) in [4.78, 5) is 11.9. The molecule has 1 amide bonds. The van der Waals surface area contributed by atoms with Gasteiger partial charge in [0.2, 0.25) is 5.91 Å². The van der Waals surface area contributed by atoms with Crippen LogP contribution in [0.1, 0.15) is 24.5 Å². The predicted octanol–water partition coefficient (Wildman–Crippen LogP) is 4.11. The van der Waals surface area contributed by atoms with Crippen LogP contribution in [0.4, 0.5) is 5.69 Å². The molecule has 0 atom stereocenters. The molecule has 0 spiro atoms. The molecule has 23 heavy (non-hydrogen) atoms. The summed E-state index contributed by atoms with van der Waals surface area (Å²) < 4.78 is 11.1. The first-order chi connectivity index (χ1) is 11.1. The fraction of sp³-hybridized carbons (Fsp3) is 0.316. The lowest BCUT2D eigenvalue weighted by atomic mass is 10.1. The van der Waals surface area contributed by atoms with Crippen molar-refractivity contribution >= 4 is 11.6 Å². The van der Waals surface area contributed by atoms with Crippen LogP contribution in [0, 0.1) is 13.8 Å². The van der Waals surface area contributed by atoms with E-state index in [9.17, 15) is 4.79 Å². The van der Waals surface area contributed by atoms with Gasteiger partial charge >= 0.3 is 0 Å². The van der Waals surface area contributed by atoms with Crippen molar-refractivity contribution < 1.29 is 14.3 Å². The molecular formula is C19H23NO3. The Bertz CT molecular complexity index is 650. The maximum Gasteiger partial charge on any atom is 0.227 e. The minimum atomic E-state index is -0.0699. The number of hydrogen-bond acceptors (Lipinski definition) is 3. The topological polar surface area (TPSA) is 47.6 Å². The highest BCUT2D eigenvalue weighted by Crippen LogP contribution is 2.19. The Kier molecular flexibility index (Phi) is 6.03. The van der Waals surface area contributed by atoms with Crippen LogP contribution in [0.25, 0.3) is 0 Å². The van der Waals surface area contributed by atoms with Crippen molar-refractivity contribution in [1.82, 2.24) is 0 Å². The summed E-state index contributed by atoms with van der Waals surface area (Å²) in [6, 6.07) is 13.4. The molecule has 2 aromatic rings. The first-order valence-electron chi connectivity index (χ1n) is 7.81. The second-order valence-corrected chi connectivity index (χ2v) is 5.37. The summed E-state index contributed by atoms with van der Waals surface area (Å²) in [5, 5.41) is 2.85. The molecule has 4 heteroatoms. The second kappa shape index (κ2) is 8.22. The van der Waals surface area contributed by atoms with Crippen molar-refractivity contribution in [1.29, 1.82) is 0 Å². The maximum absolute atomic E-state index is 11.9. The lowest BCUT2D eigenvalue weighted by Crippen LogP contribution is -2.15. The number of carbonyl (C=O) groups is 1. The van der Waals surface area contributed by atoms with Gasteiger partial charge in [0.05, 0.1) is 19.6 Å². The van der Waals surface area contributed by atoms with Crippen molar-refractivity contribution in [2.45, 2.75) is 27.2 Å². The van der Waals surface area contributed by atoms with Crippen LogP contribution in [0.2, 0.25) is 0 Å². The molecule has 0 saturated heterocycles. The van der Waals surface area contributed by atoms with E-state index in [0.717, 1.165) is 28.3 Å². The van der Waals surface area contributed by atoms with Crippen molar-refractivity contribution in [2.24, 2.45) is 0 Å². The van der Waals surface area contributed by atoms with Gasteiger partial charge in [0.15, 0.2) is 0 Å². The predicted molar refractivity (Wildman–Crippen MR) is 92.3 cm³/mol. The molecule has 0 aliphatic carbocycles. The molecule has 0 saturated carbocycles. The number of amides is 1. The molecule has 0 heterocycles. The highest BCUT2D eigenvalue weighted by atomic mass is 16.5. The molecule has 2 rings (SSSR count). The van der Waals surface area contributed by atoms with Gasteiger partial charge in [-0.1, -0.05) is 12.1 Å². The van der Waals surface area contributed by atoms with E-state index in [1.54, 1.807) is 0 Å². The van der Waals surface area contributed by atoms with Gasteiger partial charge in [0.1, 0.15) is 11.5 Å². The number of aryl methyl sites for hydroxylation is 2. The van der Waals surface area contributed by atoms with Gasteiger partial charge in [-0.25, -0.2) is 0 Å². The third-order valence-electron chi connectivity index (χ3n) is 3.38. The minimum absolute atomic E-state index is 0.0699. The van der Waals surface area contributed by atoms with E-state index >= 15 is 0 Å². The Morgan fingerprint density at radius 1 is 1.04 bits per heavy atom. The van der Waals surface area contributed by atoms with Crippen molar-refractivity contribution in [3.63, 3.8) is 0 Å². The molecule has 0 unspecified atom stereocenters. The number of rotatable bonds is 7. The van der Waals surface area contributed by atoms with Gasteiger partial charge in [0.25, 0.3) is 0 Å². The van der Waals surface area contributed by atoms with Gasteiger partial charge in [-0.2, -0.15) is 0 Å². The van der Waals surface area contributed by atoms with Gasteiger partial charge in [-0.3, -0.25) is 4.79 Å². The summed E-state index contributed by atoms with van der Waals surface area (Å²) in [6.07, 6.45) is 0.306. The fourth-order valence-electron chi connectivity index (χ4n) is 2.14. The van der Waals surface area contributed by atoms with Gasteiger partial charge in [-0.15, -0.1) is 0 Å². The Labute approximate surface area is 137 Å². The minimum Gasteiger partial charge on any atom is -0.494 e. The largest absolute Gasteiger partial charge is 0.494 e. The normalized spacial score (nSPS) is 10.2. The maximum atomic E-state index is 11.9. The first-order valence-corrected chi connectivity index (χ1v) is 7.81. The molecule has 0 aromatic heterocycles. The highest BCUT2D eigenvalue weighted by Gasteiger charge is 2.05. The van der Waals surface area contributed by atoms with E-state index < -0.39 is 0 Å². The van der Waals surface area contributed by atoms with Crippen LogP contribution in [0.15, 0.2) is 42.5 Å². The quantitative estimate of drug-likeness (QED) is 0.837. The number of ether oxygens (including phenoxy) is 2. The molecular weight excluding hydrogens is 290 g/mol. The van der Waals surface area contributed by atoms with Gasteiger partial charge in [-0.05, 0) is 62.2 Å². The van der Waals surface area contributed by atoms with Crippen LogP contribution >= 0.6 is 0 Å². The molecule has 0 aliphatic heterocycles. The smallest absolute Gasteiger partial charge is 0.227 e. The van der Waals surface area contributed by atoms with Gasteiger partial charge in [0, 0.05) is 5.69 Å². The summed E-state index contributed by atoms with van der Waals surface area (Å²) >= 11 is 0. The van der Waals surface area contributed by atoms with Crippen LogP contribution < -0.4 is 14.8 Å². The van der Waals surface area contributed by atoms with Crippen LogP contribution in [-0.2, 0) is 4.79 Å². The van der Waals surface area contributed by atoms with Crippen molar-refractivity contribution in [3.05, 3.63) is 53.6 Å². The molecule has 0 radical (unpaired) electrons. The van der Waals surface area contributed by atoms with Crippen LogP contribution in [0.5, 0.6) is 11.5 Å². The highest BCUT2D eigenvalue weighted by molar-refractivity contribution is 5.90. The number of carbonyl (C=O) groups excluding carboxylic acids is 1. The molecule has 0 aliphatic rings. The molecule has 122 valence electrons. The summed E-state index contributed by atoms with van der Waals surface area (Å²) in [5.74, 6) is 1.56. The zero-order valence-electron chi connectivity index (χ0n) is 13.9. The molecule has 1 N–H and O–H groups in total. The van der Waals surface area contributed by atoms with Gasteiger partial charge < -0.3 is 14.8 Å². The first kappa shape index (κ1) is 16.9.